The third-order valence-corrected chi connectivity index (χ3v) is 3.09. The summed E-state index contributed by atoms with van der Waals surface area (Å²) in [5.74, 6) is -1.09. The monoisotopic (exact) mass is 298 g/mol. The first kappa shape index (κ1) is 14.7. The van der Waals surface area contributed by atoms with Crippen LogP contribution in [0.2, 0.25) is 5.15 Å². The summed E-state index contributed by atoms with van der Waals surface area (Å²) < 4.78 is 28.6. The van der Waals surface area contributed by atoms with E-state index in [2.05, 4.69) is 4.98 Å². The maximum absolute atomic E-state index is 13.7. The van der Waals surface area contributed by atoms with E-state index in [1.807, 2.05) is 13.8 Å². The van der Waals surface area contributed by atoms with E-state index in [-0.39, 0.29) is 23.2 Å². The van der Waals surface area contributed by atoms with Gasteiger partial charge in [-0.2, -0.15) is 0 Å². The molecule has 0 unspecified atom stereocenters. The summed E-state index contributed by atoms with van der Waals surface area (Å²) >= 11 is 5.76. The molecule has 106 valence electrons. The first-order chi connectivity index (χ1) is 9.40. The largest absolute Gasteiger partial charge is 0.292 e. The van der Waals surface area contributed by atoms with Gasteiger partial charge in [-0.15, -0.1) is 0 Å². The van der Waals surface area contributed by atoms with E-state index in [0.29, 0.717) is 5.82 Å². The van der Waals surface area contributed by atoms with Crippen LogP contribution in [0.15, 0.2) is 29.1 Å². The summed E-state index contributed by atoms with van der Waals surface area (Å²) in [6, 6.07) is 4.72. The zero-order valence-electron chi connectivity index (χ0n) is 11.0. The molecule has 0 spiro atoms. The number of halogens is 3. The van der Waals surface area contributed by atoms with Crippen molar-refractivity contribution in [2.24, 2.45) is 0 Å². The Hall–Kier alpha value is -1.75. The van der Waals surface area contributed by atoms with E-state index in [0.717, 1.165) is 18.2 Å². The number of rotatable bonds is 3. The number of hydrogen-bond donors (Lipinski definition) is 0. The topological polar surface area (TPSA) is 34.9 Å². The van der Waals surface area contributed by atoms with E-state index >= 15 is 0 Å². The van der Waals surface area contributed by atoms with Crippen molar-refractivity contribution in [2.75, 3.05) is 0 Å². The molecule has 0 N–H and O–H groups in total. The first-order valence-corrected chi connectivity index (χ1v) is 6.48. The molecule has 0 bridgehead atoms. The molecular weight excluding hydrogens is 286 g/mol. The summed E-state index contributed by atoms with van der Waals surface area (Å²) in [5.41, 5.74) is -0.600. The molecule has 0 aliphatic heterocycles. The van der Waals surface area contributed by atoms with Crippen LogP contribution in [0.3, 0.4) is 0 Å². The summed E-state index contributed by atoms with van der Waals surface area (Å²) in [5, 5.41) is 0.0731. The Morgan fingerprint density at radius 1 is 1.30 bits per heavy atom. The minimum Gasteiger partial charge on any atom is -0.292 e. The van der Waals surface area contributed by atoms with Crippen LogP contribution in [0.5, 0.6) is 0 Å². The van der Waals surface area contributed by atoms with E-state index < -0.39 is 17.2 Å². The van der Waals surface area contributed by atoms with Crippen LogP contribution in [-0.2, 0) is 6.54 Å². The molecule has 0 atom stereocenters. The maximum Gasteiger partial charge on any atom is 0.255 e. The summed E-state index contributed by atoms with van der Waals surface area (Å²) in [6.07, 6.45) is 0. The van der Waals surface area contributed by atoms with Gasteiger partial charge in [0.05, 0.1) is 6.54 Å². The van der Waals surface area contributed by atoms with Gasteiger partial charge in [0.15, 0.2) is 0 Å². The fourth-order valence-electron chi connectivity index (χ4n) is 1.94. The van der Waals surface area contributed by atoms with Crippen molar-refractivity contribution in [1.29, 1.82) is 0 Å². The summed E-state index contributed by atoms with van der Waals surface area (Å²) in [6.45, 7) is 3.44. The Morgan fingerprint density at radius 3 is 2.45 bits per heavy atom. The maximum atomic E-state index is 13.7. The summed E-state index contributed by atoms with van der Waals surface area (Å²) in [7, 11) is 0. The predicted octanol–water partition coefficient (Wildman–Crippen LogP) is 3.35. The molecule has 2 rings (SSSR count). The van der Waals surface area contributed by atoms with Gasteiger partial charge >= 0.3 is 0 Å². The smallest absolute Gasteiger partial charge is 0.255 e. The van der Waals surface area contributed by atoms with E-state index in [4.69, 9.17) is 11.6 Å². The Bertz CT molecular complexity index is 678. The molecule has 0 aliphatic rings. The molecule has 0 saturated carbocycles. The van der Waals surface area contributed by atoms with Crippen LogP contribution < -0.4 is 5.56 Å². The van der Waals surface area contributed by atoms with Crippen molar-refractivity contribution in [3.63, 3.8) is 0 Å². The SMILES string of the molecule is CC(C)c1nc(Cl)cc(=O)n1Cc1c(F)cccc1F. The molecule has 1 aromatic heterocycles. The van der Waals surface area contributed by atoms with Crippen LogP contribution >= 0.6 is 11.6 Å². The zero-order chi connectivity index (χ0) is 14.9. The van der Waals surface area contributed by atoms with Gasteiger partial charge in [0.2, 0.25) is 0 Å². The Morgan fingerprint density at radius 2 is 1.90 bits per heavy atom. The van der Waals surface area contributed by atoms with Crippen LogP contribution in [0.4, 0.5) is 8.78 Å². The minimum atomic E-state index is -0.693. The molecule has 0 amide bonds. The van der Waals surface area contributed by atoms with Crippen molar-refractivity contribution < 1.29 is 8.78 Å². The lowest BCUT2D eigenvalue weighted by molar-refractivity contribution is 0.528. The number of benzene rings is 1. The normalized spacial score (nSPS) is 11.1. The number of hydrogen-bond acceptors (Lipinski definition) is 2. The van der Waals surface area contributed by atoms with Crippen LogP contribution in [-0.4, -0.2) is 9.55 Å². The fourth-order valence-corrected chi connectivity index (χ4v) is 2.12. The van der Waals surface area contributed by atoms with Crippen molar-refractivity contribution >= 4 is 11.6 Å². The standard InChI is InChI=1S/C14H13ClF2N2O/c1-8(2)14-18-12(15)6-13(20)19(14)7-9-10(16)4-3-5-11(9)17/h3-6,8H,7H2,1-2H3. The molecule has 6 heteroatoms. The quantitative estimate of drug-likeness (QED) is 0.815. The van der Waals surface area contributed by atoms with Crippen molar-refractivity contribution in [3.8, 4) is 0 Å². The molecule has 0 fully saturated rings. The lowest BCUT2D eigenvalue weighted by atomic mass is 10.1. The fraction of sp³-hybridized carbons (Fsp3) is 0.286. The highest BCUT2D eigenvalue weighted by Gasteiger charge is 2.15. The molecular formula is C14H13ClF2N2O. The second kappa shape index (κ2) is 5.71. The minimum absolute atomic E-state index is 0.0731. The van der Waals surface area contributed by atoms with E-state index in [9.17, 15) is 13.6 Å². The van der Waals surface area contributed by atoms with Gasteiger partial charge in [-0.3, -0.25) is 9.36 Å². The second-order valence-electron chi connectivity index (χ2n) is 4.72. The zero-order valence-corrected chi connectivity index (χ0v) is 11.8. The van der Waals surface area contributed by atoms with E-state index in [1.165, 1.54) is 10.6 Å². The highest BCUT2D eigenvalue weighted by Crippen LogP contribution is 2.17. The predicted molar refractivity (Wildman–Crippen MR) is 73.1 cm³/mol. The van der Waals surface area contributed by atoms with Crippen LogP contribution in [0, 0.1) is 11.6 Å². The van der Waals surface area contributed by atoms with Crippen molar-refractivity contribution in [2.45, 2.75) is 26.3 Å². The molecule has 0 radical (unpaired) electrons. The highest BCUT2D eigenvalue weighted by atomic mass is 35.5. The van der Waals surface area contributed by atoms with Gasteiger partial charge in [0.25, 0.3) is 5.56 Å². The summed E-state index contributed by atoms with van der Waals surface area (Å²) in [4.78, 5) is 16.1. The van der Waals surface area contributed by atoms with Gasteiger partial charge in [-0.1, -0.05) is 31.5 Å². The van der Waals surface area contributed by atoms with Crippen molar-refractivity contribution in [1.82, 2.24) is 9.55 Å². The van der Waals surface area contributed by atoms with Gasteiger partial charge < -0.3 is 0 Å². The lowest BCUT2D eigenvalue weighted by Crippen LogP contribution is -2.26. The number of nitrogens with zero attached hydrogens (tertiary/aromatic N) is 2. The molecule has 0 saturated heterocycles. The van der Waals surface area contributed by atoms with Gasteiger partial charge in [0.1, 0.15) is 22.6 Å². The van der Waals surface area contributed by atoms with E-state index in [1.54, 1.807) is 0 Å². The van der Waals surface area contributed by atoms with Gasteiger partial charge in [0, 0.05) is 17.5 Å². The average molecular weight is 299 g/mol. The first-order valence-electron chi connectivity index (χ1n) is 6.10. The van der Waals surface area contributed by atoms with Gasteiger partial charge in [-0.25, -0.2) is 13.8 Å². The average Bonchev–Trinajstić information content (AvgIpc) is 2.35. The lowest BCUT2D eigenvalue weighted by Gasteiger charge is -2.15. The molecule has 1 heterocycles. The molecule has 20 heavy (non-hydrogen) atoms. The third kappa shape index (κ3) is 2.88. The highest BCUT2D eigenvalue weighted by molar-refractivity contribution is 6.29. The third-order valence-electron chi connectivity index (χ3n) is 2.90. The molecule has 1 aromatic carbocycles. The molecule has 0 aliphatic carbocycles. The second-order valence-corrected chi connectivity index (χ2v) is 5.10. The van der Waals surface area contributed by atoms with Crippen molar-refractivity contribution in [3.05, 3.63) is 62.8 Å². The Balaban J connectivity index is 2.57. The van der Waals surface area contributed by atoms with Gasteiger partial charge in [-0.05, 0) is 12.1 Å². The Labute approximate surface area is 119 Å². The molecule has 3 nitrogen and oxygen atoms in total. The Kier molecular flexibility index (Phi) is 4.18. The van der Waals surface area contributed by atoms with Crippen LogP contribution in [0.1, 0.15) is 31.2 Å². The number of aromatic nitrogens is 2. The van der Waals surface area contributed by atoms with Crippen LogP contribution in [0.25, 0.3) is 0 Å². The molecule has 2 aromatic rings.